The quantitative estimate of drug-likeness (QED) is 0.858. The first-order valence-electron chi connectivity index (χ1n) is 4.41. The Hall–Kier alpha value is -1.24. The van der Waals surface area contributed by atoms with Gasteiger partial charge in [0, 0.05) is 0 Å². The van der Waals surface area contributed by atoms with Gasteiger partial charge in [0.05, 0.1) is 13.2 Å². The van der Waals surface area contributed by atoms with Crippen molar-refractivity contribution in [1.82, 2.24) is 5.32 Å². The van der Waals surface area contributed by atoms with Crippen molar-refractivity contribution in [1.29, 1.82) is 5.26 Å². The van der Waals surface area contributed by atoms with Gasteiger partial charge in [-0.25, -0.2) is 0 Å². The largest absolute Gasteiger partial charge is 0.497 e. The standard InChI is InChI=1S/C11H14N2O.ClH/c1-11(8-12,13-2)9-5-4-6-10(7-9)14-3;/h4-7,13H,1-3H3;1H. The molecule has 1 aromatic rings. The van der Waals surface area contributed by atoms with E-state index in [0.717, 1.165) is 11.3 Å². The molecular formula is C11H15ClN2O. The molecule has 15 heavy (non-hydrogen) atoms. The summed E-state index contributed by atoms with van der Waals surface area (Å²) < 4.78 is 5.10. The van der Waals surface area contributed by atoms with E-state index in [1.165, 1.54) is 0 Å². The summed E-state index contributed by atoms with van der Waals surface area (Å²) in [6.45, 7) is 1.84. The Morgan fingerprint density at radius 3 is 2.60 bits per heavy atom. The molecular weight excluding hydrogens is 212 g/mol. The fourth-order valence-electron chi connectivity index (χ4n) is 1.20. The minimum absolute atomic E-state index is 0. The zero-order chi connectivity index (χ0) is 10.6. The first kappa shape index (κ1) is 13.8. The van der Waals surface area contributed by atoms with Crippen LogP contribution in [0.25, 0.3) is 0 Å². The van der Waals surface area contributed by atoms with E-state index in [1.807, 2.05) is 31.2 Å². The van der Waals surface area contributed by atoms with E-state index in [2.05, 4.69) is 11.4 Å². The maximum absolute atomic E-state index is 9.05. The molecule has 0 radical (unpaired) electrons. The van der Waals surface area contributed by atoms with Crippen molar-refractivity contribution in [2.24, 2.45) is 0 Å². The smallest absolute Gasteiger partial charge is 0.129 e. The Morgan fingerprint density at radius 1 is 1.47 bits per heavy atom. The van der Waals surface area contributed by atoms with Crippen LogP contribution in [-0.2, 0) is 5.54 Å². The number of nitrogens with one attached hydrogen (secondary N) is 1. The van der Waals surface area contributed by atoms with Crippen molar-refractivity contribution in [2.45, 2.75) is 12.5 Å². The minimum Gasteiger partial charge on any atom is -0.497 e. The molecule has 0 bridgehead atoms. The number of ether oxygens (including phenoxy) is 1. The summed E-state index contributed by atoms with van der Waals surface area (Å²) in [4.78, 5) is 0. The molecule has 3 nitrogen and oxygen atoms in total. The van der Waals surface area contributed by atoms with Crippen LogP contribution in [0, 0.1) is 11.3 Å². The topological polar surface area (TPSA) is 45.0 Å². The van der Waals surface area contributed by atoms with Crippen LogP contribution in [0.15, 0.2) is 24.3 Å². The molecule has 0 aromatic heterocycles. The van der Waals surface area contributed by atoms with Gasteiger partial charge in [-0.3, -0.25) is 5.32 Å². The third-order valence-electron chi connectivity index (χ3n) is 2.37. The highest BCUT2D eigenvalue weighted by atomic mass is 35.5. The summed E-state index contributed by atoms with van der Waals surface area (Å²) in [6.07, 6.45) is 0. The number of benzene rings is 1. The number of hydrogen-bond acceptors (Lipinski definition) is 3. The van der Waals surface area contributed by atoms with E-state index in [1.54, 1.807) is 14.2 Å². The second-order valence-corrected chi connectivity index (χ2v) is 3.22. The maximum Gasteiger partial charge on any atom is 0.129 e. The Bertz CT molecular complexity index is 362. The molecule has 0 spiro atoms. The van der Waals surface area contributed by atoms with E-state index < -0.39 is 5.54 Å². The minimum atomic E-state index is -0.658. The molecule has 1 atom stereocenters. The average molecular weight is 227 g/mol. The molecule has 82 valence electrons. The molecule has 0 saturated carbocycles. The van der Waals surface area contributed by atoms with Crippen LogP contribution in [0.3, 0.4) is 0 Å². The summed E-state index contributed by atoms with van der Waals surface area (Å²) in [5, 5.41) is 12.0. The second-order valence-electron chi connectivity index (χ2n) is 3.22. The van der Waals surface area contributed by atoms with Crippen molar-refractivity contribution in [2.75, 3.05) is 14.2 Å². The number of methoxy groups -OCH3 is 1. The lowest BCUT2D eigenvalue weighted by Crippen LogP contribution is -2.34. The molecule has 0 amide bonds. The van der Waals surface area contributed by atoms with Crippen LogP contribution in [0.2, 0.25) is 0 Å². The molecule has 0 heterocycles. The number of nitrogens with zero attached hydrogens (tertiary/aromatic N) is 1. The number of nitriles is 1. The highest BCUT2D eigenvalue weighted by Crippen LogP contribution is 2.23. The maximum atomic E-state index is 9.05. The van der Waals surface area contributed by atoms with Crippen LogP contribution < -0.4 is 10.1 Å². The molecule has 0 saturated heterocycles. The Labute approximate surface area is 96.5 Å². The van der Waals surface area contributed by atoms with Crippen molar-refractivity contribution in [3.8, 4) is 11.8 Å². The summed E-state index contributed by atoms with van der Waals surface area (Å²) >= 11 is 0. The Morgan fingerprint density at radius 2 is 2.13 bits per heavy atom. The molecule has 1 rings (SSSR count). The van der Waals surface area contributed by atoms with Crippen LogP contribution in [0.4, 0.5) is 0 Å². The van der Waals surface area contributed by atoms with E-state index in [0.29, 0.717) is 0 Å². The molecule has 0 aliphatic rings. The van der Waals surface area contributed by atoms with Crippen LogP contribution in [0.1, 0.15) is 12.5 Å². The number of rotatable bonds is 3. The second kappa shape index (κ2) is 5.59. The molecule has 1 N–H and O–H groups in total. The lowest BCUT2D eigenvalue weighted by Gasteiger charge is -2.21. The van der Waals surface area contributed by atoms with Gasteiger partial charge in [0.15, 0.2) is 0 Å². The van der Waals surface area contributed by atoms with Gasteiger partial charge in [-0.15, -0.1) is 12.4 Å². The van der Waals surface area contributed by atoms with Crippen LogP contribution in [0.5, 0.6) is 5.75 Å². The highest BCUT2D eigenvalue weighted by Gasteiger charge is 2.23. The molecule has 0 aliphatic heterocycles. The van der Waals surface area contributed by atoms with E-state index in [-0.39, 0.29) is 12.4 Å². The van der Waals surface area contributed by atoms with Gasteiger partial charge in [-0.2, -0.15) is 5.26 Å². The Kier molecular flexibility index (Phi) is 5.13. The lowest BCUT2D eigenvalue weighted by molar-refractivity contribution is 0.412. The van der Waals surface area contributed by atoms with E-state index in [9.17, 15) is 0 Å². The molecule has 1 aromatic carbocycles. The van der Waals surface area contributed by atoms with Gasteiger partial charge in [0.2, 0.25) is 0 Å². The predicted octanol–water partition coefficient (Wildman–Crippen LogP) is 2.08. The third kappa shape index (κ3) is 2.85. The zero-order valence-corrected chi connectivity index (χ0v) is 9.89. The summed E-state index contributed by atoms with van der Waals surface area (Å²) in [7, 11) is 3.38. The van der Waals surface area contributed by atoms with Crippen molar-refractivity contribution in [3.05, 3.63) is 29.8 Å². The van der Waals surface area contributed by atoms with Gasteiger partial charge in [0.1, 0.15) is 11.3 Å². The van der Waals surface area contributed by atoms with Crippen LogP contribution >= 0.6 is 12.4 Å². The summed E-state index contributed by atoms with van der Waals surface area (Å²) in [5.74, 6) is 0.763. The van der Waals surface area contributed by atoms with E-state index in [4.69, 9.17) is 10.00 Å². The third-order valence-corrected chi connectivity index (χ3v) is 2.37. The first-order valence-corrected chi connectivity index (χ1v) is 4.41. The van der Waals surface area contributed by atoms with Crippen molar-refractivity contribution >= 4 is 12.4 Å². The highest BCUT2D eigenvalue weighted by molar-refractivity contribution is 5.85. The molecule has 0 aliphatic carbocycles. The number of hydrogen-bond donors (Lipinski definition) is 1. The predicted molar refractivity (Wildman–Crippen MR) is 62.3 cm³/mol. The zero-order valence-electron chi connectivity index (χ0n) is 9.07. The van der Waals surface area contributed by atoms with Crippen molar-refractivity contribution in [3.63, 3.8) is 0 Å². The molecule has 4 heteroatoms. The van der Waals surface area contributed by atoms with Gasteiger partial charge >= 0.3 is 0 Å². The fraction of sp³-hybridized carbons (Fsp3) is 0.364. The van der Waals surface area contributed by atoms with Gasteiger partial charge in [0.25, 0.3) is 0 Å². The summed E-state index contributed by atoms with van der Waals surface area (Å²) in [6, 6.07) is 9.73. The lowest BCUT2D eigenvalue weighted by atomic mass is 9.94. The van der Waals surface area contributed by atoms with Gasteiger partial charge < -0.3 is 4.74 Å². The molecule has 1 unspecified atom stereocenters. The van der Waals surface area contributed by atoms with Crippen LogP contribution in [-0.4, -0.2) is 14.2 Å². The van der Waals surface area contributed by atoms with Crippen molar-refractivity contribution < 1.29 is 4.74 Å². The fourth-order valence-corrected chi connectivity index (χ4v) is 1.20. The summed E-state index contributed by atoms with van der Waals surface area (Å²) in [5.41, 5.74) is 0.246. The van der Waals surface area contributed by atoms with Gasteiger partial charge in [-0.1, -0.05) is 12.1 Å². The average Bonchev–Trinajstić information content (AvgIpc) is 2.28. The Balaban J connectivity index is 0.00000196. The normalized spacial score (nSPS) is 13.2. The molecule has 0 fully saturated rings. The van der Waals surface area contributed by atoms with Gasteiger partial charge in [-0.05, 0) is 31.7 Å². The first-order chi connectivity index (χ1) is 6.66. The SMILES string of the molecule is CNC(C)(C#N)c1cccc(OC)c1.Cl. The number of halogens is 1. The monoisotopic (exact) mass is 226 g/mol. The van der Waals surface area contributed by atoms with E-state index >= 15 is 0 Å².